The molecule has 2 unspecified atom stereocenters. The number of nitrogens with zero attached hydrogens (tertiary/aromatic N) is 7. The molecule has 1 fully saturated rings. The second kappa shape index (κ2) is 11.6. The Morgan fingerprint density at radius 2 is 1.98 bits per heavy atom. The Kier molecular flexibility index (Phi) is 7.48. The first kappa shape index (κ1) is 28.4. The number of amides is 1. The molecular formula is C32H38N8O4. The van der Waals surface area contributed by atoms with Crippen molar-refractivity contribution in [2.75, 3.05) is 73.6 Å². The van der Waals surface area contributed by atoms with Crippen LogP contribution < -0.4 is 29.6 Å². The number of aromatic nitrogens is 2. The van der Waals surface area contributed by atoms with Gasteiger partial charge >= 0.3 is 0 Å². The zero-order valence-corrected chi connectivity index (χ0v) is 25.3. The van der Waals surface area contributed by atoms with E-state index in [2.05, 4.69) is 46.2 Å². The summed E-state index contributed by atoms with van der Waals surface area (Å²) >= 11 is 0. The molecule has 230 valence electrons. The lowest BCUT2D eigenvalue weighted by molar-refractivity contribution is -0.121. The highest BCUT2D eigenvalue weighted by Gasteiger charge is 2.39. The van der Waals surface area contributed by atoms with Gasteiger partial charge in [-0.3, -0.25) is 9.80 Å². The van der Waals surface area contributed by atoms with E-state index in [0.717, 1.165) is 61.0 Å². The van der Waals surface area contributed by atoms with Crippen LogP contribution in [0.1, 0.15) is 31.6 Å². The fraction of sp³-hybridized carbons (Fsp3) is 0.406. The van der Waals surface area contributed by atoms with Crippen molar-refractivity contribution < 1.29 is 19.4 Å². The van der Waals surface area contributed by atoms with Crippen LogP contribution >= 0.6 is 0 Å². The number of methoxy groups -OCH3 is 1. The second-order valence-electron chi connectivity index (χ2n) is 11.7. The van der Waals surface area contributed by atoms with Crippen LogP contribution in [0.5, 0.6) is 11.5 Å². The molecule has 4 aliphatic heterocycles. The van der Waals surface area contributed by atoms with Gasteiger partial charge in [-0.15, -0.1) is 0 Å². The first-order valence-electron chi connectivity index (χ1n) is 15.2. The number of aliphatic hydroxyl groups is 1. The number of piperazine rings is 1. The van der Waals surface area contributed by atoms with Crippen molar-refractivity contribution in [3.63, 3.8) is 0 Å². The van der Waals surface area contributed by atoms with Crippen LogP contribution in [-0.4, -0.2) is 90.4 Å². The maximum Gasteiger partial charge on any atom is 0.265 e. The summed E-state index contributed by atoms with van der Waals surface area (Å²) in [5.41, 5.74) is 3.93. The second-order valence-corrected chi connectivity index (χ2v) is 11.7. The number of benzene rings is 2. The maximum atomic E-state index is 12.8. The number of likely N-dealkylation sites (N-methyl/N-ethyl adjacent to an activating group) is 1. The van der Waals surface area contributed by atoms with E-state index >= 15 is 0 Å². The van der Waals surface area contributed by atoms with E-state index in [-0.39, 0.29) is 12.5 Å². The molecule has 0 radical (unpaired) electrons. The van der Waals surface area contributed by atoms with E-state index in [1.807, 2.05) is 46.4 Å². The van der Waals surface area contributed by atoms with Crippen molar-refractivity contribution in [1.29, 1.82) is 0 Å². The number of allylic oxidation sites excluding steroid dienone is 1. The van der Waals surface area contributed by atoms with Gasteiger partial charge < -0.3 is 34.6 Å². The lowest BCUT2D eigenvalue weighted by Gasteiger charge is -2.39. The summed E-state index contributed by atoms with van der Waals surface area (Å²) in [6, 6.07) is 12.2. The van der Waals surface area contributed by atoms with Crippen LogP contribution in [0, 0.1) is 0 Å². The van der Waals surface area contributed by atoms with Gasteiger partial charge in [-0.1, -0.05) is 12.2 Å². The van der Waals surface area contributed by atoms with Crippen LogP contribution in [0.3, 0.4) is 0 Å². The van der Waals surface area contributed by atoms with Crippen molar-refractivity contribution in [3.05, 3.63) is 60.3 Å². The number of anilines is 6. The molecule has 7 rings (SSSR count). The predicted octanol–water partition coefficient (Wildman–Crippen LogP) is 3.80. The van der Waals surface area contributed by atoms with Crippen LogP contribution in [-0.2, 0) is 4.79 Å². The van der Waals surface area contributed by atoms with E-state index in [1.165, 1.54) is 0 Å². The first-order valence-corrected chi connectivity index (χ1v) is 15.2. The number of aliphatic hydroxyl groups excluding tert-OH is 1. The zero-order valence-electron chi connectivity index (χ0n) is 25.3. The molecule has 44 heavy (non-hydrogen) atoms. The third-order valence-electron chi connectivity index (χ3n) is 8.89. The molecule has 12 nitrogen and oxygen atoms in total. The maximum absolute atomic E-state index is 12.8. The van der Waals surface area contributed by atoms with Crippen LogP contribution in [0.4, 0.5) is 34.5 Å². The molecule has 0 saturated carbocycles. The lowest BCUT2D eigenvalue weighted by Crippen LogP contribution is -2.50. The Hall–Kier alpha value is -4.39. The number of hydrazine groups is 1. The molecule has 2 N–H and O–H groups in total. The third kappa shape index (κ3) is 5.08. The Bertz CT molecular complexity index is 1600. The van der Waals surface area contributed by atoms with Gasteiger partial charge in [0.1, 0.15) is 11.5 Å². The number of hydrogen-bond acceptors (Lipinski definition) is 11. The van der Waals surface area contributed by atoms with Gasteiger partial charge in [0, 0.05) is 56.7 Å². The standard InChI is InChI=1S/C32H38N8O4/c1-21-19-37(15-14-36(21)2)25-10-8-22(16-28(25)43-3)34-32-33-18-24-30(35-32)40-23-9-11-27-26(17-23)38(29(41)20-44-27)12-6-4-5-7-13-39(40)31(24)42/h5,7-11,16-18,21,31,42H,4,6,12-15,19-20H2,1-3H3,(H,33,34,35)/b7-5-. The largest absolute Gasteiger partial charge is 0.495 e. The molecule has 2 bridgehead atoms. The molecule has 4 aliphatic rings. The third-order valence-corrected chi connectivity index (χ3v) is 8.89. The van der Waals surface area contributed by atoms with Gasteiger partial charge in [0.2, 0.25) is 5.95 Å². The topological polar surface area (TPSA) is 110 Å². The number of ether oxygens (including phenoxy) is 2. The quantitative estimate of drug-likeness (QED) is 0.428. The lowest BCUT2D eigenvalue weighted by atomic mass is 10.1. The van der Waals surface area contributed by atoms with Gasteiger partial charge in [-0.05, 0) is 57.1 Å². The van der Waals surface area contributed by atoms with E-state index in [0.29, 0.717) is 42.2 Å². The number of carbonyl (C=O) groups is 1. The number of carbonyl (C=O) groups excluding carboxylic acids is 1. The summed E-state index contributed by atoms with van der Waals surface area (Å²) < 4.78 is 11.5. The Morgan fingerprint density at radius 3 is 2.82 bits per heavy atom. The van der Waals surface area contributed by atoms with Gasteiger partial charge in [0.05, 0.1) is 29.7 Å². The summed E-state index contributed by atoms with van der Waals surface area (Å²) in [7, 11) is 3.85. The Labute approximate surface area is 257 Å². The molecule has 5 heterocycles. The van der Waals surface area contributed by atoms with Crippen molar-refractivity contribution in [1.82, 2.24) is 19.9 Å². The highest BCUT2D eigenvalue weighted by atomic mass is 16.5. The average Bonchev–Trinajstić information content (AvgIpc) is 3.30. The fourth-order valence-electron chi connectivity index (χ4n) is 6.29. The summed E-state index contributed by atoms with van der Waals surface area (Å²) in [6.07, 6.45) is 6.51. The van der Waals surface area contributed by atoms with Crippen molar-refractivity contribution in [2.24, 2.45) is 0 Å². The molecule has 0 aliphatic carbocycles. The SMILES string of the molecule is COc1cc(Nc2ncc3c(n2)N2c4ccc5c(c4)N(CCC/C=C\CN2C3O)C(=O)CO5)ccc1N1CCN(C)C(C)C1. The molecule has 3 aromatic rings. The smallest absolute Gasteiger partial charge is 0.265 e. The monoisotopic (exact) mass is 598 g/mol. The van der Waals surface area contributed by atoms with E-state index < -0.39 is 6.23 Å². The van der Waals surface area contributed by atoms with Crippen molar-refractivity contribution in [2.45, 2.75) is 32.0 Å². The first-order chi connectivity index (χ1) is 21.4. The molecule has 2 aromatic carbocycles. The van der Waals surface area contributed by atoms with Crippen molar-refractivity contribution in [3.8, 4) is 11.5 Å². The minimum atomic E-state index is -0.943. The van der Waals surface area contributed by atoms with Crippen LogP contribution in [0.25, 0.3) is 0 Å². The van der Waals surface area contributed by atoms with E-state index in [9.17, 15) is 9.90 Å². The van der Waals surface area contributed by atoms with Crippen LogP contribution in [0.2, 0.25) is 0 Å². The number of hydrogen-bond donors (Lipinski definition) is 2. The molecule has 1 amide bonds. The van der Waals surface area contributed by atoms with E-state index in [1.54, 1.807) is 18.2 Å². The fourth-order valence-corrected chi connectivity index (χ4v) is 6.29. The summed E-state index contributed by atoms with van der Waals surface area (Å²) in [6.45, 7) is 6.20. The Balaban J connectivity index is 1.21. The van der Waals surface area contributed by atoms with Crippen molar-refractivity contribution >= 4 is 40.4 Å². The predicted molar refractivity (Wildman–Crippen MR) is 169 cm³/mol. The molecule has 12 heteroatoms. The summed E-state index contributed by atoms with van der Waals surface area (Å²) in [4.78, 5) is 28.8. The minimum absolute atomic E-state index is 0.0299. The highest BCUT2D eigenvalue weighted by Crippen LogP contribution is 2.45. The normalized spacial score (nSPS) is 22.8. The number of nitrogens with one attached hydrogen (secondary N) is 1. The van der Waals surface area contributed by atoms with Gasteiger partial charge in [-0.25, -0.2) is 4.98 Å². The molecular weight excluding hydrogens is 560 g/mol. The summed E-state index contributed by atoms with van der Waals surface area (Å²) in [5.74, 6) is 2.33. The Morgan fingerprint density at radius 1 is 1.09 bits per heavy atom. The molecule has 1 saturated heterocycles. The molecule has 1 aromatic heterocycles. The van der Waals surface area contributed by atoms with Gasteiger partial charge in [-0.2, -0.15) is 9.99 Å². The minimum Gasteiger partial charge on any atom is -0.495 e. The average molecular weight is 599 g/mol. The van der Waals surface area contributed by atoms with Gasteiger partial charge in [0.15, 0.2) is 18.7 Å². The molecule has 2 atom stereocenters. The summed E-state index contributed by atoms with van der Waals surface area (Å²) in [5, 5.41) is 18.5. The van der Waals surface area contributed by atoms with Gasteiger partial charge in [0.25, 0.3) is 5.91 Å². The number of fused-ring (bicyclic) bond motifs is 5. The van der Waals surface area contributed by atoms with E-state index in [4.69, 9.17) is 14.5 Å². The molecule has 0 spiro atoms. The zero-order chi connectivity index (χ0) is 30.4. The number of rotatable bonds is 4. The highest BCUT2D eigenvalue weighted by molar-refractivity contribution is 5.98. The van der Waals surface area contributed by atoms with Crippen LogP contribution in [0.15, 0.2) is 54.7 Å².